The molecule has 0 bridgehead atoms. The van der Waals surface area contributed by atoms with Gasteiger partial charge in [0.15, 0.2) is 0 Å². The lowest BCUT2D eigenvalue weighted by Crippen LogP contribution is -2.56. The fraction of sp³-hybridized carbons (Fsp3) is 1.00. The van der Waals surface area contributed by atoms with E-state index in [0.29, 0.717) is 5.54 Å². The Morgan fingerprint density at radius 1 is 1.00 bits per heavy atom. The maximum Gasteiger partial charge on any atom is 0.0331 e. The van der Waals surface area contributed by atoms with E-state index in [-0.39, 0.29) is 0 Å². The second kappa shape index (κ2) is 9.15. The highest BCUT2D eigenvalue weighted by Gasteiger charge is 2.38. The Hall–Kier alpha value is -0.0800. The van der Waals surface area contributed by atoms with Gasteiger partial charge in [0.1, 0.15) is 0 Å². The maximum atomic E-state index is 6.30. The topological polar surface area (TPSA) is 29.3 Å². The van der Waals surface area contributed by atoms with E-state index < -0.39 is 0 Å². The van der Waals surface area contributed by atoms with Crippen LogP contribution in [0.3, 0.4) is 0 Å². The predicted octanol–water partition coefficient (Wildman–Crippen LogP) is 4.68. The average Bonchev–Trinajstić information content (AvgIpc) is 2.47. The molecule has 2 N–H and O–H groups in total. The van der Waals surface area contributed by atoms with Gasteiger partial charge < -0.3 is 5.73 Å². The van der Waals surface area contributed by atoms with E-state index in [0.717, 1.165) is 24.3 Å². The van der Waals surface area contributed by atoms with E-state index >= 15 is 0 Å². The van der Waals surface area contributed by atoms with Gasteiger partial charge in [-0.15, -0.1) is 0 Å². The van der Waals surface area contributed by atoms with Crippen molar-refractivity contribution in [3.63, 3.8) is 0 Å². The van der Waals surface area contributed by atoms with Gasteiger partial charge in [-0.3, -0.25) is 4.90 Å². The van der Waals surface area contributed by atoms with Crippen molar-refractivity contribution < 1.29 is 0 Å². The first kappa shape index (κ1) is 19.0. The minimum atomic E-state index is 0.301. The van der Waals surface area contributed by atoms with Crippen LogP contribution < -0.4 is 5.73 Å². The Morgan fingerprint density at radius 3 is 1.81 bits per heavy atom. The molecule has 0 heterocycles. The van der Waals surface area contributed by atoms with Crippen LogP contribution in [0.25, 0.3) is 0 Å². The van der Waals surface area contributed by atoms with Gasteiger partial charge in [0, 0.05) is 12.1 Å². The van der Waals surface area contributed by atoms with E-state index in [1.807, 2.05) is 0 Å². The molecule has 1 saturated carbocycles. The molecule has 0 aromatic rings. The summed E-state index contributed by atoms with van der Waals surface area (Å²) >= 11 is 0. The highest BCUT2D eigenvalue weighted by atomic mass is 15.2. The summed E-state index contributed by atoms with van der Waals surface area (Å²) in [4.78, 5) is 2.78. The van der Waals surface area contributed by atoms with Crippen LogP contribution in [0.1, 0.15) is 79.6 Å². The number of hydrogen-bond acceptors (Lipinski definition) is 2. The molecule has 0 radical (unpaired) electrons. The van der Waals surface area contributed by atoms with E-state index in [4.69, 9.17) is 5.73 Å². The van der Waals surface area contributed by atoms with Gasteiger partial charge in [-0.25, -0.2) is 0 Å². The van der Waals surface area contributed by atoms with Crippen LogP contribution in [0.4, 0.5) is 0 Å². The van der Waals surface area contributed by atoms with Crippen LogP contribution in [-0.4, -0.2) is 30.1 Å². The highest BCUT2D eigenvalue weighted by Crippen LogP contribution is 2.37. The van der Waals surface area contributed by atoms with Crippen molar-refractivity contribution in [3.8, 4) is 0 Å². The zero-order chi connectivity index (χ0) is 15.9. The number of hydrogen-bond donors (Lipinski definition) is 1. The monoisotopic (exact) mass is 296 g/mol. The molecule has 0 aromatic carbocycles. The number of nitrogens with zero attached hydrogens (tertiary/aromatic N) is 1. The van der Waals surface area contributed by atoms with Crippen LogP contribution in [0.5, 0.6) is 0 Å². The van der Waals surface area contributed by atoms with Crippen molar-refractivity contribution in [1.82, 2.24) is 4.90 Å². The predicted molar refractivity (Wildman–Crippen MR) is 94.5 cm³/mol. The Bertz CT molecular complexity index is 253. The summed E-state index contributed by atoms with van der Waals surface area (Å²) in [6.07, 6.45) is 9.35. The molecule has 0 unspecified atom stereocenters. The van der Waals surface area contributed by atoms with Crippen molar-refractivity contribution in [2.24, 2.45) is 23.5 Å². The third-order valence-corrected chi connectivity index (χ3v) is 5.62. The molecule has 1 fully saturated rings. The molecular formula is C19H40N2. The fourth-order valence-electron chi connectivity index (χ4n) is 3.69. The Morgan fingerprint density at radius 2 is 1.48 bits per heavy atom. The molecule has 1 aliphatic rings. The molecule has 21 heavy (non-hydrogen) atoms. The number of nitrogens with two attached hydrogens (primary N) is 1. The molecular weight excluding hydrogens is 256 g/mol. The average molecular weight is 297 g/mol. The lowest BCUT2D eigenvalue weighted by molar-refractivity contribution is 0.0344. The van der Waals surface area contributed by atoms with Crippen molar-refractivity contribution >= 4 is 0 Å². The minimum absolute atomic E-state index is 0.301. The zero-order valence-electron chi connectivity index (χ0n) is 15.3. The molecule has 1 aliphatic carbocycles. The largest absolute Gasteiger partial charge is 0.329 e. The first-order valence-corrected chi connectivity index (χ1v) is 9.38. The Labute approximate surface area is 133 Å². The van der Waals surface area contributed by atoms with E-state index in [2.05, 4.69) is 39.5 Å². The van der Waals surface area contributed by atoms with Crippen molar-refractivity contribution in [2.75, 3.05) is 19.6 Å². The molecule has 0 atom stereocenters. The summed E-state index contributed by atoms with van der Waals surface area (Å²) in [5.74, 6) is 2.52. The van der Waals surface area contributed by atoms with Gasteiger partial charge in [0.2, 0.25) is 0 Å². The van der Waals surface area contributed by atoms with E-state index in [1.54, 1.807) is 0 Å². The molecule has 0 aliphatic heterocycles. The lowest BCUT2D eigenvalue weighted by Gasteiger charge is -2.48. The van der Waals surface area contributed by atoms with Gasteiger partial charge in [-0.1, -0.05) is 41.0 Å². The normalized spacial score (nSPS) is 27.0. The van der Waals surface area contributed by atoms with E-state index in [9.17, 15) is 0 Å². The second-order valence-electron chi connectivity index (χ2n) is 8.13. The maximum absolute atomic E-state index is 6.30. The summed E-state index contributed by atoms with van der Waals surface area (Å²) in [7, 11) is 0. The first-order valence-electron chi connectivity index (χ1n) is 9.38. The summed E-state index contributed by atoms with van der Waals surface area (Å²) < 4.78 is 0. The first-order chi connectivity index (χ1) is 9.93. The van der Waals surface area contributed by atoms with Crippen LogP contribution in [0.15, 0.2) is 0 Å². The van der Waals surface area contributed by atoms with Crippen molar-refractivity contribution in [3.05, 3.63) is 0 Å². The second-order valence-corrected chi connectivity index (χ2v) is 8.13. The SMILES string of the molecule is CCC1CCC(CN)(N(CCC(C)C)CCC(C)C)CC1. The van der Waals surface area contributed by atoms with E-state index in [1.165, 1.54) is 58.0 Å². The molecule has 0 amide bonds. The minimum Gasteiger partial charge on any atom is -0.329 e. The van der Waals surface area contributed by atoms with Gasteiger partial charge >= 0.3 is 0 Å². The van der Waals surface area contributed by atoms with Gasteiger partial charge in [-0.2, -0.15) is 0 Å². The molecule has 2 heteroatoms. The fourth-order valence-corrected chi connectivity index (χ4v) is 3.69. The standard InChI is InChI=1S/C19H40N2/c1-6-18-7-11-19(15-20,12-8-18)21(13-9-16(2)3)14-10-17(4)5/h16-18H,6-15,20H2,1-5H3. The van der Waals surface area contributed by atoms with Crippen LogP contribution in [-0.2, 0) is 0 Å². The summed E-state index contributed by atoms with van der Waals surface area (Å²) in [5.41, 5.74) is 6.60. The summed E-state index contributed by atoms with van der Waals surface area (Å²) in [6.45, 7) is 15.0. The lowest BCUT2D eigenvalue weighted by atomic mass is 9.74. The molecule has 2 nitrogen and oxygen atoms in total. The summed E-state index contributed by atoms with van der Waals surface area (Å²) in [5, 5.41) is 0. The van der Waals surface area contributed by atoms with Crippen LogP contribution in [0.2, 0.25) is 0 Å². The van der Waals surface area contributed by atoms with Crippen LogP contribution >= 0.6 is 0 Å². The molecule has 0 saturated heterocycles. The third kappa shape index (κ3) is 5.90. The quantitative estimate of drug-likeness (QED) is 0.669. The Balaban J connectivity index is 2.71. The van der Waals surface area contributed by atoms with Crippen LogP contribution in [0, 0.1) is 17.8 Å². The third-order valence-electron chi connectivity index (χ3n) is 5.62. The molecule has 126 valence electrons. The summed E-state index contributed by atoms with van der Waals surface area (Å²) in [6, 6.07) is 0. The Kier molecular flexibility index (Phi) is 8.26. The van der Waals surface area contributed by atoms with Crippen molar-refractivity contribution in [1.29, 1.82) is 0 Å². The van der Waals surface area contributed by atoms with Gasteiger partial charge in [-0.05, 0) is 69.4 Å². The van der Waals surface area contributed by atoms with Gasteiger partial charge in [0.05, 0.1) is 0 Å². The highest BCUT2D eigenvalue weighted by molar-refractivity contribution is 4.96. The number of rotatable bonds is 9. The molecule has 1 rings (SSSR count). The van der Waals surface area contributed by atoms with Gasteiger partial charge in [0.25, 0.3) is 0 Å². The van der Waals surface area contributed by atoms with Crippen molar-refractivity contribution in [2.45, 2.75) is 85.1 Å². The molecule has 0 aromatic heterocycles. The zero-order valence-corrected chi connectivity index (χ0v) is 15.3. The molecule has 0 spiro atoms. The smallest absolute Gasteiger partial charge is 0.0331 e.